The standard InChI is InChI=1S/C65H42F6N6/c1-39-29-48(33-50(31-39)64(66,67)68)45-23-26-57-52(35-45)53-36-46(49-30-40(2)32-51(34-49)65(69,70)71)24-27-58(53)77(57)59-28-25-47(62-75-60(43-19-11-5-12-20-43)74-61(76-62)44-21-13-6-14-22-44)37-54(59)63-72-55(41-15-7-3-8-16-41)38-56(73-63)42-17-9-4-10-18-42/h3-38H,1-2H3. The van der Waals surface area contributed by atoms with Crippen LogP contribution in [-0.2, 0) is 12.4 Å². The first kappa shape index (κ1) is 48.4. The summed E-state index contributed by atoms with van der Waals surface area (Å²) in [6.45, 7) is 3.25. The van der Waals surface area contributed by atoms with Crippen LogP contribution in [0.15, 0.2) is 218 Å². The van der Waals surface area contributed by atoms with Gasteiger partial charge in [-0.25, -0.2) is 24.9 Å². The van der Waals surface area contributed by atoms with Gasteiger partial charge in [0.15, 0.2) is 23.3 Å². The molecule has 77 heavy (non-hydrogen) atoms. The second-order valence-electron chi connectivity index (χ2n) is 18.9. The van der Waals surface area contributed by atoms with Gasteiger partial charge >= 0.3 is 12.4 Å². The summed E-state index contributed by atoms with van der Waals surface area (Å²) in [5.41, 5.74) is 8.85. The smallest absolute Gasteiger partial charge is 0.308 e. The second-order valence-corrected chi connectivity index (χ2v) is 18.9. The van der Waals surface area contributed by atoms with Crippen LogP contribution < -0.4 is 0 Å². The molecule has 6 nitrogen and oxygen atoms in total. The van der Waals surface area contributed by atoms with E-state index in [0.29, 0.717) is 107 Å². The van der Waals surface area contributed by atoms with Crippen LogP contribution in [0.5, 0.6) is 0 Å². The molecular formula is C65H42F6N6. The van der Waals surface area contributed by atoms with Gasteiger partial charge in [0, 0.05) is 44.2 Å². The molecule has 0 aliphatic rings. The third-order valence-corrected chi connectivity index (χ3v) is 13.5. The Morgan fingerprint density at radius 1 is 0.312 bits per heavy atom. The van der Waals surface area contributed by atoms with Crippen LogP contribution in [0.1, 0.15) is 22.3 Å². The predicted molar refractivity (Wildman–Crippen MR) is 293 cm³/mol. The second kappa shape index (κ2) is 19.3. The summed E-state index contributed by atoms with van der Waals surface area (Å²) in [5.74, 6) is 1.69. The number of benzene rings is 9. The van der Waals surface area contributed by atoms with E-state index in [-0.39, 0.29) is 0 Å². The number of rotatable bonds is 9. The summed E-state index contributed by atoms with van der Waals surface area (Å²) in [6.07, 6.45) is -9.18. The van der Waals surface area contributed by atoms with Crippen LogP contribution in [0.25, 0.3) is 118 Å². The van der Waals surface area contributed by atoms with Crippen molar-refractivity contribution in [2.75, 3.05) is 0 Å². The van der Waals surface area contributed by atoms with E-state index in [2.05, 4.69) is 0 Å². The van der Waals surface area contributed by atoms with Gasteiger partial charge in [-0.15, -0.1) is 0 Å². The number of alkyl halides is 6. The number of aromatic nitrogens is 6. The fourth-order valence-electron chi connectivity index (χ4n) is 9.94. The molecule has 0 N–H and O–H groups in total. The molecule has 0 spiro atoms. The number of halogens is 6. The third kappa shape index (κ3) is 9.61. The van der Waals surface area contributed by atoms with Crippen molar-refractivity contribution in [3.05, 3.63) is 241 Å². The van der Waals surface area contributed by atoms with Crippen LogP contribution in [0.4, 0.5) is 26.3 Å². The van der Waals surface area contributed by atoms with E-state index in [1.54, 1.807) is 38.1 Å². The Morgan fingerprint density at radius 2 is 0.701 bits per heavy atom. The van der Waals surface area contributed by atoms with Crippen LogP contribution in [0.2, 0.25) is 0 Å². The first-order valence-corrected chi connectivity index (χ1v) is 24.7. The van der Waals surface area contributed by atoms with Crippen molar-refractivity contribution in [2.45, 2.75) is 26.2 Å². The molecule has 0 radical (unpaired) electrons. The zero-order valence-corrected chi connectivity index (χ0v) is 41.2. The Hall–Kier alpha value is -9.55. The summed E-state index contributed by atoms with van der Waals surface area (Å²) in [7, 11) is 0. The number of hydrogen-bond donors (Lipinski definition) is 0. The summed E-state index contributed by atoms with van der Waals surface area (Å²) in [4.78, 5) is 25.7. The van der Waals surface area contributed by atoms with Gasteiger partial charge in [0.25, 0.3) is 0 Å². The molecule has 0 saturated carbocycles. The molecule has 0 unspecified atom stereocenters. The van der Waals surface area contributed by atoms with Gasteiger partial charge in [0.05, 0.1) is 39.2 Å². The largest absolute Gasteiger partial charge is 0.416 e. The van der Waals surface area contributed by atoms with Gasteiger partial charge in [-0.1, -0.05) is 146 Å². The Balaban J connectivity index is 1.15. The molecule has 0 saturated heterocycles. The molecule has 3 aromatic heterocycles. The van der Waals surface area contributed by atoms with Gasteiger partial charge < -0.3 is 4.57 Å². The maximum absolute atomic E-state index is 14.3. The molecular weight excluding hydrogens is 979 g/mol. The molecule has 0 fully saturated rings. The molecule has 0 aliphatic carbocycles. The van der Waals surface area contributed by atoms with Crippen LogP contribution in [-0.4, -0.2) is 29.5 Å². The van der Waals surface area contributed by atoms with Gasteiger partial charge in [0.1, 0.15) is 0 Å². The Labute approximate surface area is 438 Å². The summed E-state index contributed by atoms with van der Waals surface area (Å²) >= 11 is 0. The van der Waals surface area contributed by atoms with Crippen molar-refractivity contribution in [1.82, 2.24) is 29.5 Å². The van der Waals surface area contributed by atoms with E-state index in [1.165, 1.54) is 0 Å². The van der Waals surface area contributed by atoms with Gasteiger partial charge in [0.2, 0.25) is 0 Å². The molecule has 9 aromatic carbocycles. The zero-order valence-electron chi connectivity index (χ0n) is 41.2. The first-order chi connectivity index (χ1) is 37.2. The van der Waals surface area contributed by atoms with Crippen LogP contribution in [0.3, 0.4) is 0 Å². The van der Waals surface area contributed by atoms with E-state index in [1.807, 2.05) is 174 Å². The highest BCUT2D eigenvalue weighted by Crippen LogP contribution is 2.43. The fraction of sp³-hybridized carbons (Fsp3) is 0.0615. The molecule has 3 heterocycles. The van der Waals surface area contributed by atoms with Gasteiger partial charge in [-0.05, 0) is 120 Å². The third-order valence-electron chi connectivity index (χ3n) is 13.5. The van der Waals surface area contributed by atoms with E-state index in [0.717, 1.165) is 46.5 Å². The lowest BCUT2D eigenvalue weighted by molar-refractivity contribution is -0.138. The fourth-order valence-corrected chi connectivity index (χ4v) is 9.94. The highest BCUT2D eigenvalue weighted by molar-refractivity contribution is 6.12. The van der Waals surface area contributed by atoms with Crippen molar-refractivity contribution in [2.24, 2.45) is 0 Å². The maximum Gasteiger partial charge on any atom is 0.416 e. The first-order valence-electron chi connectivity index (χ1n) is 24.7. The summed E-state index contributed by atoms with van der Waals surface area (Å²) < 4.78 is 87.9. The number of aryl methyl sites for hydroxylation is 2. The minimum Gasteiger partial charge on any atom is -0.308 e. The Kier molecular flexibility index (Phi) is 12.1. The number of hydrogen-bond acceptors (Lipinski definition) is 5. The topological polar surface area (TPSA) is 69.4 Å². The van der Waals surface area contributed by atoms with E-state index < -0.39 is 23.5 Å². The number of fused-ring (bicyclic) bond motifs is 3. The van der Waals surface area contributed by atoms with Gasteiger partial charge in [-0.2, -0.15) is 26.3 Å². The minimum absolute atomic E-state index is 0.358. The molecule has 12 heteroatoms. The van der Waals surface area contributed by atoms with E-state index >= 15 is 0 Å². The van der Waals surface area contributed by atoms with Gasteiger partial charge in [-0.3, -0.25) is 0 Å². The van der Waals surface area contributed by atoms with Crippen molar-refractivity contribution in [1.29, 1.82) is 0 Å². The van der Waals surface area contributed by atoms with E-state index in [4.69, 9.17) is 24.9 Å². The monoisotopic (exact) mass is 1020 g/mol. The molecule has 0 atom stereocenters. The highest BCUT2D eigenvalue weighted by atomic mass is 19.4. The zero-order chi connectivity index (χ0) is 53.0. The molecule has 12 aromatic rings. The lowest BCUT2D eigenvalue weighted by Crippen LogP contribution is -2.05. The van der Waals surface area contributed by atoms with E-state index in [9.17, 15) is 26.3 Å². The molecule has 0 aliphatic heterocycles. The maximum atomic E-state index is 14.3. The lowest BCUT2D eigenvalue weighted by atomic mass is 9.96. The SMILES string of the molecule is Cc1cc(-c2ccc3c(c2)c2cc(-c4cc(C)cc(C(F)(F)F)c4)ccc2n3-c2ccc(-c3nc(-c4ccccc4)nc(-c4ccccc4)n3)cc2-c2nc(-c3ccccc3)cc(-c3ccccc3)n2)cc(C(F)(F)F)c1. The van der Waals surface area contributed by atoms with Crippen molar-refractivity contribution in [3.63, 3.8) is 0 Å². The van der Waals surface area contributed by atoms with Crippen molar-refractivity contribution >= 4 is 21.8 Å². The van der Waals surface area contributed by atoms with Crippen molar-refractivity contribution < 1.29 is 26.3 Å². The quantitative estimate of drug-likeness (QED) is 0.135. The molecule has 374 valence electrons. The average Bonchev–Trinajstić information content (AvgIpc) is 3.99. The summed E-state index contributed by atoms with van der Waals surface area (Å²) in [6, 6.07) is 65.6. The Morgan fingerprint density at radius 3 is 1.12 bits per heavy atom. The molecule has 12 rings (SSSR count). The molecule has 0 bridgehead atoms. The number of nitrogens with zero attached hydrogens (tertiary/aromatic N) is 6. The predicted octanol–water partition coefficient (Wildman–Crippen LogP) is 17.7. The van der Waals surface area contributed by atoms with Crippen LogP contribution in [0, 0.1) is 13.8 Å². The minimum atomic E-state index is -4.59. The van der Waals surface area contributed by atoms with Crippen LogP contribution >= 0.6 is 0 Å². The Bertz CT molecular complexity index is 3960. The highest BCUT2D eigenvalue weighted by Gasteiger charge is 2.32. The summed E-state index contributed by atoms with van der Waals surface area (Å²) in [5, 5.41) is 1.30. The molecule has 0 amide bonds. The normalized spacial score (nSPS) is 11.9. The average molecular weight is 1020 g/mol. The van der Waals surface area contributed by atoms with Crippen molar-refractivity contribution in [3.8, 4) is 96.0 Å². The lowest BCUT2D eigenvalue weighted by Gasteiger charge is -2.17.